The van der Waals surface area contributed by atoms with E-state index in [0.717, 1.165) is 17.3 Å². The highest BCUT2D eigenvalue weighted by atomic mass is 35.5. The highest BCUT2D eigenvalue weighted by Crippen LogP contribution is 2.27. The molecule has 0 bridgehead atoms. The number of rotatable bonds is 5. The molecule has 0 aliphatic heterocycles. The lowest BCUT2D eigenvalue weighted by atomic mass is 10.2. The molecule has 0 fully saturated rings. The van der Waals surface area contributed by atoms with E-state index in [4.69, 9.17) is 11.6 Å². The molecule has 2 aromatic carbocycles. The van der Waals surface area contributed by atoms with Gasteiger partial charge in [-0.3, -0.25) is 14.2 Å². The number of aromatic nitrogens is 2. The Morgan fingerprint density at radius 3 is 2.63 bits per heavy atom. The normalized spacial score (nSPS) is 12.7. The number of benzene rings is 2. The van der Waals surface area contributed by atoms with Gasteiger partial charge in [-0.1, -0.05) is 41.6 Å². The van der Waals surface area contributed by atoms with Crippen LogP contribution in [0.15, 0.2) is 52.4 Å². The minimum Gasteiger partial charge on any atom is -0.346 e. The first-order valence-electron chi connectivity index (χ1n) is 8.86. The summed E-state index contributed by atoms with van der Waals surface area (Å²) in [5, 5.41) is 1.83. The summed E-state index contributed by atoms with van der Waals surface area (Å²) in [5.41, 5.74) is 1.34. The lowest BCUT2D eigenvalue weighted by Gasteiger charge is -2.18. The monoisotopic (exact) mass is 455 g/mol. The molecule has 0 aliphatic rings. The maximum atomic E-state index is 13.2. The second-order valence-electron chi connectivity index (χ2n) is 6.58. The highest BCUT2D eigenvalue weighted by molar-refractivity contribution is 8.00. The van der Waals surface area contributed by atoms with E-state index >= 15 is 0 Å². The van der Waals surface area contributed by atoms with Crippen molar-refractivity contribution < 1.29 is 18.0 Å². The number of thioether (sulfide) groups is 1. The Morgan fingerprint density at radius 2 is 1.97 bits per heavy atom. The van der Waals surface area contributed by atoms with Gasteiger partial charge in [0.1, 0.15) is 6.54 Å². The van der Waals surface area contributed by atoms with Crippen molar-refractivity contribution in [1.29, 1.82) is 0 Å². The summed E-state index contributed by atoms with van der Waals surface area (Å²) in [7, 11) is 0. The lowest BCUT2D eigenvalue weighted by Crippen LogP contribution is -2.38. The van der Waals surface area contributed by atoms with Gasteiger partial charge in [-0.2, -0.15) is 13.2 Å². The quantitative estimate of drug-likeness (QED) is 0.454. The predicted molar refractivity (Wildman–Crippen MR) is 111 cm³/mol. The number of fused-ring (bicyclic) bond motifs is 1. The second-order valence-corrected chi connectivity index (χ2v) is 8.32. The van der Waals surface area contributed by atoms with Crippen LogP contribution in [0.2, 0.25) is 5.02 Å². The van der Waals surface area contributed by atoms with Crippen LogP contribution in [0.3, 0.4) is 0 Å². The minimum absolute atomic E-state index is 0.179. The number of nitrogens with one attached hydrogen (secondary N) is 1. The predicted octanol–water partition coefficient (Wildman–Crippen LogP) is 4.51. The Hall–Kier alpha value is -2.52. The molecule has 0 saturated carbocycles. The maximum Gasteiger partial charge on any atom is 0.405 e. The van der Waals surface area contributed by atoms with Gasteiger partial charge >= 0.3 is 6.18 Å². The van der Waals surface area contributed by atoms with Crippen LogP contribution in [0.4, 0.5) is 13.2 Å². The zero-order chi connectivity index (χ0) is 22.1. The third kappa shape index (κ3) is 4.96. The number of para-hydroxylation sites is 1. The van der Waals surface area contributed by atoms with E-state index in [9.17, 15) is 22.8 Å². The van der Waals surface area contributed by atoms with Crippen LogP contribution in [0.5, 0.6) is 0 Å². The summed E-state index contributed by atoms with van der Waals surface area (Å²) in [5.74, 6) is -0.811. The zero-order valence-corrected chi connectivity index (χ0v) is 17.5. The van der Waals surface area contributed by atoms with Crippen molar-refractivity contribution in [3.63, 3.8) is 0 Å². The fourth-order valence-electron chi connectivity index (χ4n) is 2.79. The van der Waals surface area contributed by atoms with Gasteiger partial charge in [0, 0.05) is 5.02 Å². The van der Waals surface area contributed by atoms with Crippen molar-refractivity contribution >= 4 is 40.2 Å². The van der Waals surface area contributed by atoms with E-state index < -0.39 is 23.9 Å². The molecule has 1 atom stereocenters. The molecule has 3 aromatic rings. The van der Waals surface area contributed by atoms with E-state index in [1.165, 1.54) is 17.6 Å². The molecule has 158 valence electrons. The highest BCUT2D eigenvalue weighted by Gasteiger charge is 2.29. The second kappa shape index (κ2) is 8.69. The van der Waals surface area contributed by atoms with E-state index in [-0.39, 0.29) is 10.7 Å². The number of nitrogens with zero attached hydrogens (tertiary/aromatic N) is 2. The molecular weight excluding hydrogens is 439 g/mol. The first-order chi connectivity index (χ1) is 14.1. The Balaban J connectivity index is 2.08. The zero-order valence-electron chi connectivity index (χ0n) is 16.0. The fourth-order valence-corrected chi connectivity index (χ4v) is 3.90. The topological polar surface area (TPSA) is 64.0 Å². The molecule has 30 heavy (non-hydrogen) atoms. The number of hydrogen-bond donors (Lipinski definition) is 1. The fraction of sp³-hybridized carbons (Fsp3) is 0.250. The number of carbonyl (C=O) groups is 1. The summed E-state index contributed by atoms with van der Waals surface area (Å²) in [4.78, 5) is 29.9. The van der Waals surface area contributed by atoms with Crippen molar-refractivity contribution in [2.45, 2.75) is 30.4 Å². The van der Waals surface area contributed by atoms with Crippen LogP contribution >= 0.6 is 23.4 Å². The van der Waals surface area contributed by atoms with Crippen LogP contribution in [-0.4, -0.2) is 33.4 Å². The summed E-state index contributed by atoms with van der Waals surface area (Å²) in [6.45, 7) is 1.84. The van der Waals surface area contributed by atoms with Gasteiger partial charge in [-0.05, 0) is 43.7 Å². The van der Waals surface area contributed by atoms with Gasteiger partial charge in [0.15, 0.2) is 5.16 Å². The molecule has 1 unspecified atom stereocenters. The molecule has 1 aromatic heterocycles. The molecule has 3 rings (SSSR count). The molecule has 1 amide bonds. The van der Waals surface area contributed by atoms with Gasteiger partial charge in [-0.25, -0.2) is 4.98 Å². The average molecular weight is 456 g/mol. The van der Waals surface area contributed by atoms with Crippen molar-refractivity contribution in [3.05, 3.63) is 63.4 Å². The molecule has 5 nitrogen and oxygen atoms in total. The Labute approximate surface area is 179 Å². The van der Waals surface area contributed by atoms with Crippen molar-refractivity contribution in [2.24, 2.45) is 0 Å². The van der Waals surface area contributed by atoms with E-state index in [1.807, 2.05) is 24.4 Å². The number of halogens is 4. The molecule has 0 saturated heterocycles. The molecular formula is C20H17ClF3N3O2S. The van der Waals surface area contributed by atoms with Crippen molar-refractivity contribution in [1.82, 2.24) is 14.9 Å². The number of aryl methyl sites for hydroxylation is 1. The summed E-state index contributed by atoms with van der Waals surface area (Å²) >= 11 is 6.92. The molecule has 1 heterocycles. The third-order valence-corrected chi connectivity index (χ3v) is 5.56. The van der Waals surface area contributed by atoms with E-state index in [2.05, 4.69) is 4.98 Å². The maximum absolute atomic E-state index is 13.2. The van der Waals surface area contributed by atoms with Gasteiger partial charge in [-0.15, -0.1) is 0 Å². The Morgan fingerprint density at radius 1 is 1.27 bits per heavy atom. The Kier molecular flexibility index (Phi) is 6.42. The molecule has 0 aliphatic carbocycles. The van der Waals surface area contributed by atoms with Crippen LogP contribution < -0.4 is 10.9 Å². The smallest absolute Gasteiger partial charge is 0.346 e. The van der Waals surface area contributed by atoms with E-state index in [0.29, 0.717) is 21.6 Å². The number of hydrogen-bond acceptors (Lipinski definition) is 4. The van der Waals surface area contributed by atoms with Crippen LogP contribution in [0, 0.1) is 6.92 Å². The largest absolute Gasteiger partial charge is 0.405 e. The molecule has 10 heteroatoms. The first kappa shape index (κ1) is 22.2. The van der Waals surface area contributed by atoms with Crippen LogP contribution in [-0.2, 0) is 4.79 Å². The lowest BCUT2D eigenvalue weighted by molar-refractivity contribution is -0.137. The third-order valence-electron chi connectivity index (χ3n) is 4.27. The Bertz CT molecular complexity index is 1160. The van der Waals surface area contributed by atoms with Gasteiger partial charge in [0.2, 0.25) is 5.91 Å². The summed E-state index contributed by atoms with van der Waals surface area (Å²) in [6, 6.07) is 11.8. The molecule has 0 radical (unpaired) electrons. The SMILES string of the molecule is Cc1ccccc1-n1c(SC(C)C(=O)NCC(F)(F)F)nc2cc(Cl)ccc2c1=O. The summed E-state index contributed by atoms with van der Waals surface area (Å²) < 4.78 is 38.6. The van der Waals surface area contributed by atoms with E-state index in [1.54, 1.807) is 24.3 Å². The van der Waals surface area contributed by atoms with Gasteiger partial charge in [0.25, 0.3) is 5.56 Å². The number of amides is 1. The van der Waals surface area contributed by atoms with Crippen LogP contribution in [0.25, 0.3) is 16.6 Å². The standard InChI is InChI=1S/C20H17ClF3N3O2S/c1-11-5-3-4-6-16(11)27-18(29)14-8-7-13(21)9-15(14)26-19(27)30-12(2)17(28)25-10-20(22,23)24/h3-9,12H,10H2,1-2H3,(H,25,28). The summed E-state index contributed by atoms with van der Waals surface area (Å²) in [6.07, 6.45) is -4.51. The van der Waals surface area contributed by atoms with Gasteiger partial charge < -0.3 is 5.32 Å². The number of carbonyl (C=O) groups excluding carboxylic acids is 1. The van der Waals surface area contributed by atoms with Crippen molar-refractivity contribution in [2.75, 3.05) is 6.54 Å². The molecule has 1 N–H and O–H groups in total. The average Bonchev–Trinajstić information content (AvgIpc) is 2.66. The van der Waals surface area contributed by atoms with Crippen LogP contribution in [0.1, 0.15) is 12.5 Å². The first-order valence-corrected chi connectivity index (χ1v) is 10.1. The van der Waals surface area contributed by atoms with Gasteiger partial charge in [0.05, 0.1) is 21.8 Å². The minimum atomic E-state index is -4.51. The number of alkyl halides is 3. The molecule has 0 spiro atoms. The van der Waals surface area contributed by atoms with Crippen molar-refractivity contribution in [3.8, 4) is 5.69 Å².